The van der Waals surface area contributed by atoms with Crippen LogP contribution in [0.15, 0.2) is 60.8 Å². The highest BCUT2D eigenvalue weighted by atomic mass is 35.5. The number of hydrogen-bond donors (Lipinski definition) is 3. The van der Waals surface area contributed by atoms with E-state index in [4.69, 9.17) is 16.3 Å². The number of hydrogen-bond acceptors (Lipinski definition) is 15. The van der Waals surface area contributed by atoms with Crippen LogP contribution in [0.5, 0.6) is 5.75 Å². The predicted molar refractivity (Wildman–Crippen MR) is 256 cm³/mol. The summed E-state index contributed by atoms with van der Waals surface area (Å²) in [5.41, 5.74) is 5.00. The molecule has 6 aliphatic heterocycles. The Labute approximate surface area is 398 Å². The van der Waals surface area contributed by atoms with Crippen molar-refractivity contribution in [2.45, 2.75) is 50.6 Å². The van der Waals surface area contributed by atoms with Crippen molar-refractivity contribution in [3.05, 3.63) is 82.5 Å². The number of halogens is 1. The van der Waals surface area contributed by atoms with E-state index in [1.165, 1.54) is 16.8 Å². The molecule has 21 heteroatoms. The van der Waals surface area contributed by atoms with Crippen molar-refractivity contribution >= 4 is 91.4 Å². The van der Waals surface area contributed by atoms with Gasteiger partial charge in [-0.2, -0.15) is 4.98 Å². The van der Waals surface area contributed by atoms with Crippen molar-refractivity contribution in [2.24, 2.45) is 5.92 Å². The largest absolute Gasteiger partial charge is 0.494 e. The summed E-state index contributed by atoms with van der Waals surface area (Å²) in [4.78, 5) is 83.5. The quantitative estimate of drug-likeness (QED) is 0.182. The SMILES string of the molecule is COc1cc(N2CCC(N3CCN(C(=O)C4CCN(c5ccc6c(c5)C(=O)N(C5CCC(=O)NC5=O)C6=O)C4)CC3)CC2)ccc1Nc1ncc(Cl)c(Nc2cccc3c2N(S(C)(=O)=O)CC3)n1. The van der Waals surface area contributed by atoms with Crippen LogP contribution in [-0.4, -0.2) is 147 Å². The Bertz CT molecular complexity index is 2830. The van der Waals surface area contributed by atoms with E-state index in [-0.39, 0.29) is 46.8 Å². The third-order valence-corrected chi connectivity index (χ3v) is 15.5. The molecule has 0 spiro atoms. The third kappa shape index (κ3) is 8.64. The Kier molecular flexibility index (Phi) is 12.1. The van der Waals surface area contributed by atoms with Crippen molar-refractivity contribution in [2.75, 3.05) is 97.0 Å². The summed E-state index contributed by atoms with van der Waals surface area (Å²) >= 11 is 6.53. The van der Waals surface area contributed by atoms with E-state index in [9.17, 15) is 32.4 Å². The summed E-state index contributed by atoms with van der Waals surface area (Å²) in [7, 11) is -1.86. The Morgan fingerprint density at radius 2 is 1.54 bits per heavy atom. The minimum absolute atomic E-state index is 0.0587. The molecule has 7 heterocycles. The van der Waals surface area contributed by atoms with Crippen LogP contribution < -0.4 is 34.8 Å². The Hall–Kier alpha value is -6.51. The van der Waals surface area contributed by atoms with Crippen LogP contribution in [0.4, 0.5) is 40.2 Å². The number of fused-ring (bicyclic) bond motifs is 2. The van der Waals surface area contributed by atoms with Crippen LogP contribution in [0.2, 0.25) is 5.02 Å². The molecule has 0 saturated carbocycles. The first-order valence-corrected chi connectivity index (χ1v) is 25.2. The van der Waals surface area contributed by atoms with Gasteiger partial charge in [0.1, 0.15) is 16.8 Å². The molecule has 4 fully saturated rings. The van der Waals surface area contributed by atoms with Gasteiger partial charge in [-0.05, 0) is 74.1 Å². The number of amides is 5. The molecule has 6 aliphatic rings. The highest BCUT2D eigenvalue weighted by Crippen LogP contribution is 2.40. The Morgan fingerprint density at radius 1 is 0.809 bits per heavy atom. The lowest BCUT2D eigenvalue weighted by Crippen LogP contribution is -2.55. The number of ether oxygens (including phenoxy) is 1. The molecule has 0 aliphatic carbocycles. The number of methoxy groups -OCH3 is 1. The van der Waals surface area contributed by atoms with Gasteiger partial charge in [0.2, 0.25) is 33.7 Å². The average Bonchev–Trinajstić information content (AvgIpc) is 4.08. The summed E-state index contributed by atoms with van der Waals surface area (Å²) in [5, 5.41) is 8.99. The number of aromatic nitrogens is 2. The van der Waals surface area contributed by atoms with E-state index in [2.05, 4.69) is 40.6 Å². The minimum Gasteiger partial charge on any atom is -0.494 e. The fourth-order valence-corrected chi connectivity index (χ4v) is 11.6. The number of rotatable bonds is 11. The number of nitrogens with zero attached hydrogens (tertiary/aromatic N) is 8. The number of anilines is 7. The molecule has 3 N–H and O–H groups in total. The molecule has 2 atom stereocenters. The van der Waals surface area contributed by atoms with Gasteiger partial charge in [-0.15, -0.1) is 0 Å². The second kappa shape index (κ2) is 18.2. The lowest BCUT2D eigenvalue weighted by atomic mass is 10.0. The molecule has 4 aromatic rings. The van der Waals surface area contributed by atoms with Crippen molar-refractivity contribution in [1.29, 1.82) is 0 Å². The average molecular weight is 967 g/mol. The molecule has 0 bridgehead atoms. The van der Waals surface area contributed by atoms with Crippen LogP contribution in [0.1, 0.15) is 58.4 Å². The Balaban J connectivity index is 0.705. The zero-order chi connectivity index (χ0) is 47.4. The number of piperidine rings is 2. The van der Waals surface area contributed by atoms with E-state index in [1.54, 1.807) is 31.4 Å². The number of piperazine rings is 1. The number of carbonyl (C=O) groups excluding carboxylic acids is 5. The van der Waals surface area contributed by atoms with Gasteiger partial charge in [0.05, 0.1) is 53.7 Å². The van der Waals surface area contributed by atoms with Crippen LogP contribution in [0, 0.1) is 5.92 Å². The smallest absolute Gasteiger partial charge is 0.262 e. The molecule has 2 unspecified atom stereocenters. The van der Waals surface area contributed by atoms with E-state index >= 15 is 0 Å². The van der Waals surface area contributed by atoms with Crippen molar-refractivity contribution < 1.29 is 37.1 Å². The molecule has 3 aromatic carbocycles. The number of nitrogens with one attached hydrogen (secondary N) is 3. The molecule has 19 nitrogen and oxygen atoms in total. The van der Waals surface area contributed by atoms with Gasteiger partial charge in [0.15, 0.2) is 5.82 Å². The monoisotopic (exact) mass is 965 g/mol. The fraction of sp³-hybridized carbons (Fsp3) is 0.426. The highest BCUT2D eigenvalue weighted by molar-refractivity contribution is 7.92. The summed E-state index contributed by atoms with van der Waals surface area (Å²) in [5.74, 6) is -0.969. The van der Waals surface area contributed by atoms with E-state index in [0.29, 0.717) is 80.2 Å². The van der Waals surface area contributed by atoms with Crippen molar-refractivity contribution in [3.8, 4) is 5.75 Å². The molecular weight excluding hydrogens is 914 g/mol. The molecule has 1 aromatic heterocycles. The lowest BCUT2D eigenvalue weighted by molar-refractivity contribution is -0.137. The normalized spacial score (nSPS) is 21.3. The first-order valence-electron chi connectivity index (χ1n) is 23.0. The fourth-order valence-electron chi connectivity index (χ4n) is 10.5. The van der Waals surface area contributed by atoms with Gasteiger partial charge in [0, 0.05) is 88.8 Å². The second-order valence-electron chi connectivity index (χ2n) is 18.1. The number of sulfonamides is 1. The number of benzene rings is 3. The highest BCUT2D eigenvalue weighted by Gasteiger charge is 2.45. The maximum absolute atomic E-state index is 13.8. The summed E-state index contributed by atoms with van der Waals surface area (Å²) < 4.78 is 32.3. The Morgan fingerprint density at radius 3 is 2.29 bits per heavy atom. The lowest BCUT2D eigenvalue weighted by Gasteiger charge is -2.43. The van der Waals surface area contributed by atoms with Gasteiger partial charge in [-0.25, -0.2) is 13.4 Å². The minimum atomic E-state index is -3.48. The predicted octanol–water partition coefficient (Wildman–Crippen LogP) is 3.99. The standard InChI is InChI=1S/C47H52ClN11O8S/c1-67-39-25-32(7-9-36(39)51-47-49-26-35(48)42(53-47)50-37-5-3-4-28-13-19-58(41(28)37)68(2,65)66)54-17-14-30(15-18-54)55-20-22-56(23-21-55)44(62)29-12-16-57(27-29)31-6-8-33-34(24-31)46(64)59(45(33)63)38-10-11-40(60)52-43(38)61/h3-9,24-26,29-30,38H,10-23,27H2,1-2H3,(H,52,60,61)(H2,49,50,51,53). The first-order chi connectivity index (χ1) is 32.7. The first kappa shape index (κ1) is 45.3. The molecule has 356 valence electrons. The van der Waals surface area contributed by atoms with Gasteiger partial charge < -0.3 is 30.1 Å². The number of para-hydroxylation sites is 1. The number of imide groups is 2. The number of carbonyl (C=O) groups is 5. The van der Waals surface area contributed by atoms with Gasteiger partial charge >= 0.3 is 0 Å². The molecule has 4 saturated heterocycles. The van der Waals surface area contributed by atoms with Crippen LogP contribution in [-0.2, 0) is 30.8 Å². The maximum atomic E-state index is 13.8. The van der Waals surface area contributed by atoms with Crippen molar-refractivity contribution in [1.82, 2.24) is 30.0 Å². The third-order valence-electron chi connectivity index (χ3n) is 14.1. The second-order valence-corrected chi connectivity index (χ2v) is 20.4. The topological polar surface area (TPSA) is 210 Å². The van der Waals surface area contributed by atoms with Crippen LogP contribution >= 0.6 is 11.6 Å². The van der Waals surface area contributed by atoms with Gasteiger partial charge in [0.25, 0.3) is 11.8 Å². The molecule has 10 rings (SSSR count). The van der Waals surface area contributed by atoms with Gasteiger partial charge in [-0.1, -0.05) is 23.7 Å². The van der Waals surface area contributed by atoms with Crippen LogP contribution in [0.3, 0.4) is 0 Å². The van der Waals surface area contributed by atoms with E-state index in [1.807, 2.05) is 35.2 Å². The van der Waals surface area contributed by atoms with Crippen molar-refractivity contribution in [3.63, 3.8) is 0 Å². The summed E-state index contributed by atoms with van der Waals surface area (Å²) in [6.07, 6.45) is 6.10. The van der Waals surface area contributed by atoms with Gasteiger partial charge in [-0.3, -0.25) is 43.4 Å². The molecular formula is C47H52ClN11O8S. The molecule has 0 radical (unpaired) electrons. The zero-order valence-corrected chi connectivity index (χ0v) is 39.3. The maximum Gasteiger partial charge on any atom is 0.262 e. The zero-order valence-electron chi connectivity index (χ0n) is 37.7. The van der Waals surface area contributed by atoms with E-state index in [0.717, 1.165) is 60.9 Å². The molecule has 5 amide bonds. The molecule has 68 heavy (non-hydrogen) atoms. The van der Waals surface area contributed by atoms with Crippen LogP contribution in [0.25, 0.3) is 0 Å². The summed E-state index contributed by atoms with van der Waals surface area (Å²) in [6.45, 7) is 6.19. The summed E-state index contributed by atoms with van der Waals surface area (Å²) in [6, 6.07) is 16.1. The van der Waals surface area contributed by atoms with E-state index < -0.39 is 39.7 Å².